The van der Waals surface area contributed by atoms with Crippen molar-refractivity contribution in [3.63, 3.8) is 0 Å². The molecule has 0 radical (unpaired) electrons. The predicted octanol–water partition coefficient (Wildman–Crippen LogP) is 9.75. The number of carbonyl (C=O) groups is 3. The lowest BCUT2D eigenvalue weighted by Gasteiger charge is -2.47. The van der Waals surface area contributed by atoms with Crippen LogP contribution in [-0.4, -0.2) is 99.6 Å². The first-order chi connectivity index (χ1) is 37.4. The van der Waals surface area contributed by atoms with Gasteiger partial charge in [-0.3, -0.25) is 0 Å². The van der Waals surface area contributed by atoms with Gasteiger partial charge in [-0.25, -0.2) is 14.4 Å². The molecule has 14 nitrogen and oxygen atoms in total. The van der Waals surface area contributed by atoms with Crippen molar-refractivity contribution in [2.75, 3.05) is 20.3 Å². The van der Waals surface area contributed by atoms with E-state index in [1.807, 2.05) is 121 Å². The van der Waals surface area contributed by atoms with Crippen LogP contribution >= 0.6 is 0 Å². The van der Waals surface area contributed by atoms with E-state index in [1.165, 1.54) is 7.11 Å². The monoisotopic (exact) mass is 1030 g/mol. The average Bonchev–Trinajstić information content (AvgIpc) is 3.48. The SMILES string of the molecule is CO[C@H]1O[C@H](COC2O[C@H](COCc3ccccc3)[C@H](OCc3ccccc3)[C@H](OCc3ccccc3)[C@H]2OCc2ccccc2)[C@@H](OC(=O)c2ccccc2)[C@H](OC(=O)c2ccccc2)[C@H]1OC(=O)c1ccccc1. The summed E-state index contributed by atoms with van der Waals surface area (Å²) in [6.45, 7) is 0.495. The maximum absolute atomic E-state index is 14.2. The number of hydrogen-bond acceptors (Lipinski definition) is 14. The molecule has 0 saturated carbocycles. The van der Waals surface area contributed by atoms with Crippen molar-refractivity contribution in [1.29, 1.82) is 0 Å². The van der Waals surface area contributed by atoms with Crippen molar-refractivity contribution in [2.45, 2.75) is 87.8 Å². The molecule has 0 N–H and O–H groups in total. The maximum atomic E-state index is 14.2. The summed E-state index contributed by atoms with van der Waals surface area (Å²) in [6.07, 6.45) is -11.7. The van der Waals surface area contributed by atoms with Crippen molar-refractivity contribution in [3.05, 3.63) is 251 Å². The summed E-state index contributed by atoms with van der Waals surface area (Å²) >= 11 is 0. The van der Waals surface area contributed by atoms with Crippen LogP contribution in [0.3, 0.4) is 0 Å². The number of ether oxygens (including phenoxy) is 11. The summed E-state index contributed by atoms with van der Waals surface area (Å²) in [5.74, 6) is -2.32. The minimum Gasteiger partial charge on any atom is -0.452 e. The fraction of sp³-hybridized carbons (Fsp3) is 0.274. The first-order valence-electron chi connectivity index (χ1n) is 25.2. The molecule has 0 aliphatic carbocycles. The quantitative estimate of drug-likeness (QED) is 0.0441. The fourth-order valence-corrected chi connectivity index (χ4v) is 8.97. The molecule has 1 unspecified atom stereocenters. The first-order valence-corrected chi connectivity index (χ1v) is 25.2. The Morgan fingerprint density at radius 3 is 1.12 bits per heavy atom. The van der Waals surface area contributed by atoms with Gasteiger partial charge >= 0.3 is 17.9 Å². The van der Waals surface area contributed by atoms with Gasteiger partial charge in [-0.05, 0) is 58.7 Å². The Kier molecular flexibility index (Phi) is 19.3. The molecule has 2 aliphatic rings. The first kappa shape index (κ1) is 53.5. The molecular weight excluding hydrogens is 969 g/mol. The summed E-state index contributed by atoms with van der Waals surface area (Å²) in [6, 6.07) is 63.9. The minimum absolute atomic E-state index is 0.0553. The Morgan fingerprint density at radius 1 is 0.342 bits per heavy atom. The van der Waals surface area contributed by atoms with Gasteiger partial charge in [-0.1, -0.05) is 176 Å². The molecule has 14 heteroatoms. The lowest BCUT2D eigenvalue weighted by atomic mass is 9.96. The van der Waals surface area contributed by atoms with Gasteiger partial charge in [0, 0.05) is 7.11 Å². The zero-order chi connectivity index (χ0) is 52.3. The molecule has 76 heavy (non-hydrogen) atoms. The van der Waals surface area contributed by atoms with Gasteiger partial charge in [0.25, 0.3) is 0 Å². The number of rotatable bonds is 23. The molecule has 7 aromatic carbocycles. The third kappa shape index (κ3) is 14.5. The maximum Gasteiger partial charge on any atom is 0.338 e. The normalized spacial score (nSPS) is 23.2. The molecule has 10 atom stereocenters. The van der Waals surface area contributed by atoms with E-state index < -0.39 is 79.3 Å². The molecule has 392 valence electrons. The number of methoxy groups -OCH3 is 1. The van der Waals surface area contributed by atoms with E-state index in [0.717, 1.165) is 22.3 Å². The van der Waals surface area contributed by atoms with E-state index in [0.29, 0.717) is 0 Å². The van der Waals surface area contributed by atoms with Gasteiger partial charge in [-0.2, -0.15) is 0 Å². The van der Waals surface area contributed by atoms with Crippen LogP contribution in [0.2, 0.25) is 0 Å². The molecule has 7 aromatic rings. The Bertz CT molecular complexity index is 2830. The lowest BCUT2D eigenvalue weighted by molar-refractivity contribution is -0.343. The smallest absolute Gasteiger partial charge is 0.338 e. The largest absolute Gasteiger partial charge is 0.452 e. The van der Waals surface area contributed by atoms with Gasteiger partial charge in [0.15, 0.2) is 30.9 Å². The highest BCUT2D eigenvalue weighted by atomic mass is 16.8. The molecule has 2 saturated heterocycles. The van der Waals surface area contributed by atoms with E-state index in [4.69, 9.17) is 52.1 Å². The molecular formula is C62H60O14. The van der Waals surface area contributed by atoms with Gasteiger partial charge in [-0.15, -0.1) is 0 Å². The third-order valence-electron chi connectivity index (χ3n) is 12.8. The van der Waals surface area contributed by atoms with Crippen molar-refractivity contribution in [3.8, 4) is 0 Å². The average molecular weight is 1030 g/mol. The van der Waals surface area contributed by atoms with Crippen molar-refractivity contribution < 1.29 is 66.5 Å². The van der Waals surface area contributed by atoms with Crippen LogP contribution in [0, 0.1) is 0 Å². The molecule has 0 amide bonds. The summed E-state index contributed by atoms with van der Waals surface area (Å²) in [5, 5.41) is 0. The number of carbonyl (C=O) groups excluding carboxylic acids is 3. The van der Waals surface area contributed by atoms with Gasteiger partial charge in [0.05, 0.1) is 56.3 Å². The Labute approximate surface area is 442 Å². The Morgan fingerprint density at radius 2 is 0.684 bits per heavy atom. The molecule has 0 bridgehead atoms. The molecule has 2 fully saturated rings. The van der Waals surface area contributed by atoms with E-state index in [2.05, 4.69) is 0 Å². The molecule has 2 heterocycles. The zero-order valence-electron chi connectivity index (χ0n) is 41.9. The molecule has 0 aromatic heterocycles. The summed E-state index contributed by atoms with van der Waals surface area (Å²) < 4.78 is 72.2. The second-order valence-corrected chi connectivity index (χ2v) is 18.1. The molecule has 9 rings (SSSR count). The van der Waals surface area contributed by atoms with Crippen LogP contribution in [0.1, 0.15) is 53.3 Å². The van der Waals surface area contributed by atoms with Crippen LogP contribution in [-0.2, 0) is 78.5 Å². The molecule has 2 aliphatic heterocycles. The Balaban J connectivity index is 1.08. The van der Waals surface area contributed by atoms with E-state index >= 15 is 0 Å². The number of esters is 3. The minimum atomic E-state index is -1.52. The van der Waals surface area contributed by atoms with E-state index in [-0.39, 0.29) is 56.3 Å². The van der Waals surface area contributed by atoms with Crippen molar-refractivity contribution in [1.82, 2.24) is 0 Å². The predicted molar refractivity (Wildman–Crippen MR) is 278 cm³/mol. The van der Waals surface area contributed by atoms with Crippen LogP contribution in [0.25, 0.3) is 0 Å². The van der Waals surface area contributed by atoms with Gasteiger partial charge in [0.1, 0.15) is 30.5 Å². The van der Waals surface area contributed by atoms with Crippen LogP contribution in [0.5, 0.6) is 0 Å². The van der Waals surface area contributed by atoms with Gasteiger partial charge in [0.2, 0.25) is 0 Å². The topological polar surface area (TPSA) is 153 Å². The Hall–Kier alpha value is -7.37. The fourth-order valence-electron chi connectivity index (χ4n) is 8.97. The third-order valence-corrected chi connectivity index (χ3v) is 12.8. The summed E-state index contributed by atoms with van der Waals surface area (Å²) in [5.41, 5.74) is 4.28. The van der Waals surface area contributed by atoms with Crippen LogP contribution in [0.4, 0.5) is 0 Å². The second-order valence-electron chi connectivity index (χ2n) is 18.1. The zero-order valence-corrected chi connectivity index (χ0v) is 41.9. The van der Waals surface area contributed by atoms with Crippen LogP contribution < -0.4 is 0 Å². The summed E-state index contributed by atoms with van der Waals surface area (Å²) in [7, 11) is 1.36. The molecule has 0 spiro atoms. The second kappa shape index (κ2) is 27.4. The highest BCUT2D eigenvalue weighted by Crippen LogP contribution is 2.35. The lowest BCUT2D eigenvalue weighted by Crippen LogP contribution is -2.64. The number of benzene rings is 7. The summed E-state index contributed by atoms with van der Waals surface area (Å²) in [4.78, 5) is 42.3. The van der Waals surface area contributed by atoms with Crippen LogP contribution in [0.15, 0.2) is 212 Å². The number of hydrogen-bond donors (Lipinski definition) is 0. The van der Waals surface area contributed by atoms with E-state index in [1.54, 1.807) is 91.0 Å². The highest BCUT2D eigenvalue weighted by molar-refractivity contribution is 5.91. The standard InChI is InChI=1S/C62H60O14/c1-66-61-57(76-60(65)49-35-21-8-22-36-49)55(75-59(64)48-33-19-7-20-34-48)53(74-58(63)47-31-17-6-18-32-47)51(72-61)42-71-62-56(70-40-46-29-15-5-16-30-46)54(69-39-45-27-13-4-14-28-45)52(68-38-44-25-11-3-12-26-44)50(73-62)41-67-37-43-23-9-2-10-24-43/h2-36,50-57,61-62H,37-42H2,1H3/t50-,51-,52+,53-,54+,55+,56-,57-,61+,62?/m1/s1. The highest BCUT2D eigenvalue weighted by Gasteiger charge is 2.55. The van der Waals surface area contributed by atoms with Gasteiger partial charge < -0.3 is 52.1 Å². The van der Waals surface area contributed by atoms with E-state index in [9.17, 15) is 14.4 Å². The van der Waals surface area contributed by atoms with Crippen molar-refractivity contribution >= 4 is 17.9 Å². The van der Waals surface area contributed by atoms with Crippen molar-refractivity contribution in [2.24, 2.45) is 0 Å².